The van der Waals surface area contributed by atoms with Crippen molar-refractivity contribution < 1.29 is 9.63 Å². The third-order valence-corrected chi connectivity index (χ3v) is 1.84. The SMILES string of the molecule is CNCCCN(C)CCC(=O)ONN. The van der Waals surface area contributed by atoms with Crippen LogP contribution in [0.4, 0.5) is 0 Å². The van der Waals surface area contributed by atoms with Crippen LogP contribution in [0.3, 0.4) is 0 Å². The minimum atomic E-state index is -0.340. The van der Waals surface area contributed by atoms with Gasteiger partial charge in [0, 0.05) is 6.54 Å². The van der Waals surface area contributed by atoms with Gasteiger partial charge in [-0.3, -0.25) is 4.79 Å². The average Bonchev–Trinajstić information content (AvgIpc) is 2.16. The van der Waals surface area contributed by atoms with E-state index in [1.54, 1.807) is 0 Å². The summed E-state index contributed by atoms with van der Waals surface area (Å²) in [6.45, 7) is 2.63. The van der Waals surface area contributed by atoms with E-state index >= 15 is 0 Å². The summed E-state index contributed by atoms with van der Waals surface area (Å²) in [7, 11) is 3.89. The maximum atomic E-state index is 10.9. The second kappa shape index (κ2) is 8.89. The minimum Gasteiger partial charge on any atom is -0.356 e. The van der Waals surface area contributed by atoms with Gasteiger partial charge in [-0.1, -0.05) is 5.59 Å². The molecule has 6 nitrogen and oxygen atoms in total. The summed E-state index contributed by atoms with van der Waals surface area (Å²) >= 11 is 0. The highest BCUT2D eigenvalue weighted by atomic mass is 16.7. The normalized spacial score (nSPS) is 10.6. The molecule has 0 saturated heterocycles. The van der Waals surface area contributed by atoms with Crippen molar-refractivity contribution in [1.82, 2.24) is 15.8 Å². The van der Waals surface area contributed by atoms with E-state index in [9.17, 15) is 4.79 Å². The van der Waals surface area contributed by atoms with Crippen LogP contribution in [-0.2, 0) is 9.63 Å². The molecule has 0 amide bonds. The second-order valence-corrected chi connectivity index (χ2v) is 3.10. The van der Waals surface area contributed by atoms with Gasteiger partial charge in [-0.15, -0.1) is 0 Å². The zero-order chi connectivity index (χ0) is 10.8. The lowest BCUT2D eigenvalue weighted by atomic mass is 10.3. The molecule has 0 aromatic heterocycles. The number of hydrazine groups is 1. The van der Waals surface area contributed by atoms with Crippen LogP contribution < -0.4 is 16.7 Å². The van der Waals surface area contributed by atoms with E-state index in [1.165, 1.54) is 0 Å². The molecule has 0 aliphatic rings. The number of nitrogens with one attached hydrogen (secondary N) is 2. The highest BCUT2D eigenvalue weighted by molar-refractivity contribution is 5.69. The lowest BCUT2D eigenvalue weighted by Crippen LogP contribution is -2.30. The maximum Gasteiger partial charge on any atom is 0.327 e. The van der Waals surface area contributed by atoms with Gasteiger partial charge < -0.3 is 15.1 Å². The smallest absolute Gasteiger partial charge is 0.327 e. The molecule has 0 rings (SSSR count). The summed E-state index contributed by atoms with van der Waals surface area (Å²) in [5.74, 6) is 4.48. The van der Waals surface area contributed by atoms with Crippen LogP contribution in [0.1, 0.15) is 12.8 Å². The Morgan fingerprint density at radius 3 is 2.79 bits per heavy atom. The molecular weight excluding hydrogens is 184 g/mol. The Hall–Kier alpha value is -0.690. The number of hydrogen-bond donors (Lipinski definition) is 3. The lowest BCUT2D eigenvalue weighted by molar-refractivity contribution is -0.151. The van der Waals surface area contributed by atoms with Crippen molar-refractivity contribution in [2.24, 2.45) is 5.84 Å². The number of rotatable bonds is 8. The van der Waals surface area contributed by atoms with Crippen molar-refractivity contribution in [3.8, 4) is 0 Å². The van der Waals surface area contributed by atoms with Gasteiger partial charge in [-0.2, -0.15) is 0 Å². The first-order valence-electron chi connectivity index (χ1n) is 4.69. The zero-order valence-corrected chi connectivity index (χ0v) is 8.88. The second-order valence-electron chi connectivity index (χ2n) is 3.10. The van der Waals surface area contributed by atoms with Gasteiger partial charge in [-0.25, -0.2) is 5.84 Å². The van der Waals surface area contributed by atoms with Crippen LogP contribution in [0, 0.1) is 0 Å². The summed E-state index contributed by atoms with van der Waals surface area (Å²) in [4.78, 5) is 17.3. The molecule has 0 aromatic carbocycles. The molecule has 0 heterocycles. The molecule has 0 aromatic rings. The van der Waals surface area contributed by atoms with Crippen molar-refractivity contribution in [3.05, 3.63) is 0 Å². The molecule has 0 radical (unpaired) electrons. The van der Waals surface area contributed by atoms with Gasteiger partial charge in [0.05, 0.1) is 6.42 Å². The topological polar surface area (TPSA) is 79.6 Å². The molecule has 0 aliphatic heterocycles. The van der Waals surface area contributed by atoms with Crippen molar-refractivity contribution in [1.29, 1.82) is 0 Å². The lowest BCUT2D eigenvalue weighted by Gasteiger charge is -2.15. The Labute approximate surface area is 84.7 Å². The fourth-order valence-electron chi connectivity index (χ4n) is 1.04. The van der Waals surface area contributed by atoms with E-state index in [0.717, 1.165) is 19.5 Å². The van der Waals surface area contributed by atoms with Gasteiger partial charge in [-0.05, 0) is 33.6 Å². The summed E-state index contributed by atoms with van der Waals surface area (Å²) in [6, 6.07) is 0. The number of nitrogens with two attached hydrogens (primary N) is 1. The molecule has 0 spiro atoms. The Morgan fingerprint density at radius 1 is 1.50 bits per heavy atom. The minimum absolute atomic E-state index is 0.340. The fourth-order valence-corrected chi connectivity index (χ4v) is 1.04. The van der Waals surface area contributed by atoms with Crippen LogP contribution in [0.2, 0.25) is 0 Å². The molecule has 4 N–H and O–H groups in total. The molecule has 0 bridgehead atoms. The van der Waals surface area contributed by atoms with Crippen molar-refractivity contribution in [2.45, 2.75) is 12.8 Å². The first kappa shape index (κ1) is 13.3. The summed E-state index contributed by atoms with van der Waals surface area (Å²) in [5.41, 5.74) is 1.87. The Kier molecular flexibility index (Phi) is 8.45. The summed E-state index contributed by atoms with van der Waals surface area (Å²) < 4.78 is 0. The maximum absolute atomic E-state index is 10.9. The monoisotopic (exact) mass is 204 g/mol. The predicted octanol–water partition coefficient (Wildman–Crippen LogP) is -1.16. The molecular formula is C8H20N4O2. The Balaban J connectivity index is 3.33. The molecule has 14 heavy (non-hydrogen) atoms. The van der Waals surface area contributed by atoms with Crippen LogP contribution in [0.5, 0.6) is 0 Å². The highest BCUT2D eigenvalue weighted by Crippen LogP contribution is 1.91. The average molecular weight is 204 g/mol. The van der Waals surface area contributed by atoms with Crippen LogP contribution in [0.25, 0.3) is 0 Å². The largest absolute Gasteiger partial charge is 0.356 e. The summed E-state index contributed by atoms with van der Waals surface area (Å²) in [5, 5.41) is 3.06. The Bertz CT molecular complexity index is 154. The van der Waals surface area contributed by atoms with Gasteiger partial charge in [0.15, 0.2) is 0 Å². The van der Waals surface area contributed by atoms with E-state index in [0.29, 0.717) is 13.0 Å². The van der Waals surface area contributed by atoms with Gasteiger partial charge in [0.2, 0.25) is 0 Å². The quantitative estimate of drug-likeness (QED) is 0.263. The molecule has 6 heteroatoms. The van der Waals surface area contributed by atoms with Crippen LogP contribution in [0.15, 0.2) is 0 Å². The van der Waals surface area contributed by atoms with E-state index in [1.807, 2.05) is 19.7 Å². The first-order chi connectivity index (χ1) is 6.70. The van der Waals surface area contributed by atoms with Crippen molar-refractivity contribution >= 4 is 5.97 Å². The molecule has 0 saturated carbocycles. The molecule has 0 aliphatic carbocycles. The van der Waals surface area contributed by atoms with Crippen LogP contribution >= 0.6 is 0 Å². The molecule has 0 atom stereocenters. The molecule has 0 unspecified atom stereocenters. The van der Waals surface area contributed by atoms with E-state index < -0.39 is 0 Å². The van der Waals surface area contributed by atoms with Gasteiger partial charge >= 0.3 is 5.97 Å². The number of hydrogen-bond acceptors (Lipinski definition) is 6. The van der Waals surface area contributed by atoms with Crippen molar-refractivity contribution in [3.63, 3.8) is 0 Å². The number of carbonyl (C=O) groups is 1. The zero-order valence-electron chi connectivity index (χ0n) is 8.88. The van der Waals surface area contributed by atoms with Crippen molar-refractivity contribution in [2.75, 3.05) is 33.7 Å². The third kappa shape index (κ3) is 7.93. The van der Waals surface area contributed by atoms with Gasteiger partial charge in [0.25, 0.3) is 0 Å². The standard InChI is InChI=1S/C8H20N4O2/c1-10-5-3-6-12(2)7-4-8(13)14-11-9/h10-11H,3-7,9H2,1-2H3. The summed E-state index contributed by atoms with van der Waals surface area (Å²) in [6.07, 6.45) is 1.41. The Morgan fingerprint density at radius 2 is 2.21 bits per heavy atom. The highest BCUT2D eigenvalue weighted by Gasteiger charge is 2.04. The van der Waals surface area contributed by atoms with E-state index in [2.05, 4.69) is 15.1 Å². The first-order valence-corrected chi connectivity index (χ1v) is 4.69. The number of nitrogens with zero attached hydrogens (tertiary/aromatic N) is 1. The third-order valence-electron chi connectivity index (χ3n) is 1.84. The number of carbonyl (C=O) groups excluding carboxylic acids is 1. The van der Waals surface area contributed by atoms with Crippen LogP contribution in [-0.4, -0.2) is 44.6 Å². The molecule has 84 valence electrons. The van der Waals surface area contributed by atoms with E-state index in [4.69, 9.17) is 5.84 Å². The predicted molar refractivity (Wildman–Crippen MR) is 54.1 cm³/mol. The molecule has 0 fully saturated rings. The van der Waals surface area contributed by atoms with Gasteiger partial charge in [0.1, 0.15) is 0 Å². The van der Waals surface area contributed by atoms with E-state index in [-0.39, 0.29) is 5.97 Å². The fraction of sp³-hybridized carbons (Fsp3) is 0.875.